The Kier molecular flexibility index (Phi) is 5.81. The number of fused-ring (bicyclic) bond motifs is 1. The van der Waals surface area contributed by atoms with Gasteiger partial charge in [-0.25, -0.2) is 18.3 Å². The molecule has 8 nitrogen and oxygen atoms in total. The van der Waals surface area contributed by atoms with Gasteiger partial charge in [0.05, 0.1) is 5.69 Å². The minimum atomic E-state index is -1.18. The molecular formula is C19H19F2N5O3. The van der Waals surface area contributed by atoms with Gasteiger partial charge in [0.15, 0.2) is 6.10 Å². The standard InChI is InChI=1S/C19H19F2N5O3/c1-10-14(11(2)26-19(24-10)22-9-23-26)5-7-17(27)29-12(3)18(28)25-16-8-13(20)4-6-15(16)21/h4,6,8-9,12H,5,7H2,1-3H3,(H,25,28)/t12-/m0/s1. The SMILES string of the molecule is Cc1nc2ncnn2c(C)c1CCC(=O)O[C@@H](C)C(=O)Nc1cc(F)ccc1F. The maximum atomic E-state index is 13.6. The van der Waals surface area contributed by atoms with Crippen molar-refractivity contribution in [3.05, 3.63) is 53.1 Å². The smallest absolute Gasteiger partial charge is 0.306 e. The fourth-order valence-electron chi connectivity index (χ4n) is 2.88. The average molecular weight is 403 g/mol. The highest BCUT2D eigenvalue weighted by atomic mass is 19.1. The lowest BCUT2D eigenvalue weighted by molar-refractivity contribution is -0.153. The van der Waals surface area contributed by atoms with Crippen LogP contribution in [0.5, 0.6) is 0 Å². The van der Waals surface area contributed by atoms with Crippen LogP contribution in [0, 0.1) is 25.5 Å². The summed E-state index contributed by atoms with van der Waals surface area (Å²) in [7, 11) is 0. The van der Waals surface area contributed by atoms with Crippen LogP contribution in [0.3, 0.4) is 0 Å². The molecule has 3 rings (SSSR count). The van der Waals surface area contributed by atoms with Crippen molar-refractivity contribution in [3.63, 3.8) is 0 Å². The lowest BCUT2D eigenvalue weighted by atomic mass is 10.1. The van der Waals surface area contributed by atoms with Gasteiger partial charge in [-0.15, -0.1) is 0 Å². The highest BCUT2D eigenvalue weighted by molar-refractivity contribution is 5.95. The van der Waals surface area contributed by atoms with Crippen molar-refractivity contribution in [2.45, 2.75) is 39.7 Å². The largest absolute Gasteiger partial charge is 0.453 e. The first-order valence-corrected chi connectivity index (χ1v) is 8.87. The molecule has 0 aliphatic rings. The molecule has 0 unspecified atom stereocenters. The highest BCUT2D eigenvalue weighted by Crippen LogP contribution is 2.17. The summed E-state index contributed by atoms with van der Waals surface area (Å²) in [5.74, 6) is -2.39. The van der Waals surface area contributed by atoms with E-state index in [2.05, 4.69) is 20.4 Å². The van der Waals surface area contributed by atoms with Gasteiger partial charge in [-0.1, -0.05) is 0 Å². The monoisotopic (exact) mass is 403 g/mol. The number of aryl methyl sites for hydroxylation is 2. The molecule has 29 heavy (non-hydrogen) atoms. The second-order valence-corrected chi connectivity index (χ2v) is 6.48. The Morgan fingerprint density at radius 2 is 2.03 bits per heavy atom. The van der Waals surface area contributed by atoms with E-state index in [9.17, 15) is 18.4 Å². The Morgan fingerprint density at radius 1 is 1.28 bits per heavy atom. The number of ether oxygens (including phenoxy) is 1. The van der Waals surface area contributed by atoms with Crippen LogP contribution in [-0.2, 0) is 20.7 Å². The van der Waals surface area contributed by atoms with Crippen LogP contribution in [0.1, 0.15) is 30.3 Å². The summed E-state index contributed by atoms with van der Waals surface area (Å²) in [6, 6.07) is 2.68. The van der Waals surface area contributed by atoms with Gasteiger partial charge in [0.2, 0.25) is 0 Å². The molecule has 0 radical (unpaired) electrons. The number of carbonyl (C=O) groups is 2. The van der Waals surface area contributed by atoms with Crippen LogP contribution in [0.4, 0.5) is 14.5 Å². The molecule has 152 valence electrons. The zero-order valence-corrected chi connectivity index (χ0v) is 16.1. The zero-order chi connectivity index (χ0) is 21.1. The van der Waals surface area contributed by atoms with E-state index in [1.807, 2.05) is 13.8 Å². The minimum Gasteiger partial charge on any atom is -0.453 e. The van der Waals surface area contributed by atoms with Gasteiger partial charge in [-0.3, -0.25) is 9.59 Å². The van der Waals surface area contributed by atoms with Crippen LogP contribution in [0.2, 0.25) is 0 Å². The normalized spacial score (nSPS) is 12.0. The number of rotatable bonds is 6. The molecule has 2 heterocycles. The molecule has 1 aromatic carbocycles. The highest BCUT2D eigenvalue weighted by Gasteiger charge is 2.20. The number of halogens is 2. The zero-order valence-electron chi connectivity index (χ0n) is 16.1. The minimum absolute atomic E-state index is 0.00943. The fourth-order valence-corrected chi connectivity index (χ4v) is 2.88. The van der Waals surface area contributed by atoms with E-state index >= 15 is 0 Å². The predicted molar refractivity (Wildman–Crippen MR) is 99.1 cm³/mol. The molecule has 3 aromatic rings. The second kappa shape index (κ2) is 8.29. The number of amides is 1. The molecule has 0 fully saturated rings. The molecule has 0 saturated carbocycles. The molecule has 0 bridgehead atoms. The lowest BCUT2D eigenvalue weighted by Gasteiger charge is -2.15. The van der Waals surface area contributed by atoms with Crippen LogP contribution in [-0.4, -0.2) is 37.6 Å². The van der Waals surface area contributed by atoms with Crippen molar-refractivity contribution in [2.24, 2.45) is 0 Å². The van der Waals surface area contributed by atoms with Gasteiger partial charge in [0.1, 0.15) is 18.0 Å². The van der Waals surface area contributed by atoms with Crippen molar-refractivity contribution in [3.8, 4) is 0 Å². The molecule has 1 N–H and O–H groups in total. The molecule has 10 heteroatoms. The summed E-state index contributed by atoms with van der Waals surface area (Å²) in [5.41, 5.74) is 2.04. The molecule has 0 spiro atoms. The van der Waals surface area contributed by atoms with E-state index in [4.69, 9.17) is 4.74 Å². The van der Waals surface area contributed by atoms with Gasteiger partial charge >= 0.3 is 5.97 Å². The summed E-state index contributed by atoms with van der Waals surface area (Å²) < 4.78 is 33.5. The van der Waals surface area contributed by atoms with E-state index in [1.54, 1.807) is 4.52 Å². The third-order valence-electron chi connectivity index (χ3n) is 4.43. The Balaban J connectivity index is 1.59. The first-order valence-electron chi connectivity index (χ1n) is 8.87. The van der Waals surface area contributed by atoms with Crippen LogP contribution >= 0.6 is 0 Å². The first-order chi connectivity index (χ1) is 13.8. The Hall–Kier alpha value is -3.43. The number of esters is 1. The van der Waals surface area contributed by atoms with Crippen molar-refractivity contribution < 1.29 is 23.1 Å². The third kappa shape index (κ3) is 4.53. The van der Waals surface area contributed by atoms with Gasteiger partial charge in [0, 0.05) is 23.9 Å². The Labute approximate surface area is 164 Å². The Bertz CT molecular complexity index is 1080. The average Bonchev–Trinajstić information content (AvgIpc) is 3.13. The van der Waals surface area contributed by atoms with Gasteiger partial charge < -0.3 is 10.1 Å². The predicted octanol–water partition coefficient (Wildman–Crippen LogP) is 2.52. The number of carbonyl (C=O) groups excluding carboxylic acids is 2. The number of aromatic nitrogens is 4. The van der Waals surface area contributed by atoms with Crippen molar-refractivity contribution in [2.75, 3.05) is 5.32 Å². The maximum absolute atomic E-state index is 13.6. The van der Waals surface area contributed by atoms with Crippen LogP contribution in [0.25, 0.3) is 5.78 Å². The van der Waals surface area contributed by atoms with Crippen molar-refractivity contribution >= 4 is 23.3 Å². The van der Waals surface area contributed by atoms with Gasteiger partial charge in [-0.2, -0.15) is 10.1 Å². The summed E-state index contributed by atoms with van der Waals surface area (Å²) >= 11 is 0. The molecule has 1 amide bonds. The molecule has 0 aliphatic heterocycles. The van der Waals surface area contributed by atoms with E-state index in [0.29, 0.717) is 12.2 Å². The molecule has 1 atom stereocenters. The van der Waals surface area contributed by atoms with Crippen LogP contribution in [0.15, 0.2) is 24.5 Å². The first kappa shape index (κ1) is 20.3. The molecule has 0 aliphatic carbocycles. The van der Waals surface area contributed by atoms with Crippen LogP contribution < -0.4 is 5.32 Å². The van der Waals surface area contributed by atoms with Gasteiger partial charge in [-0.05, 0) is 44.9 Å². The van der Waals surface area contributed by atoms with E-state index < -0.39 is 29.6 Å². The third-order valence-corrected chi connectivity index (χ3v) is 4.43. The number of nitrogens with one attached hydrogen (secondary N) is 1. The number of hydrogen-bond acceptors (Lipinski definition) is 6. The quantitative estimate of drug-likeness (QED) is 0.635. The second-order valence-electron chi connectivity index (χ2n) is 6.48. The Morgan fingerprint density at radius 3 is 2.79 bits per heavy atom. The number of hydrogen-bond donors (Lipinski definition) is 1. The number of anilines is 1. The summed E-state index contributed by atoms with van der Waals surface area (Å²) in [6.45, 7) is 5.01. The maximum Gasteiger partial charge on any atom is 0.306 e. The molecule has 2 aromatic heterocycles. The van der Waals surface area contributed by atoms with E-state index in [0.717, 1.165) is 35.2 Å². The topological polar surface area (TPSA) is 98.5 Å². The van der Waals surface area contributed by atoms with E-state index in [-0.39, 0.29) is 12.1 Å². The van der Waals surface area contributed by atoms with Crippen molar-refractivity contribution in [1.82, 2.24) is 19.6 Å². The fraction of sp³-hybridized carbons (Fsp3) is 0.316. The van der Waals surface area contributed by atoms with E-state index in [1.165, 1.54) is 13.3 Å². The van der Waals surface area contributed by atoms with Crippen molar-refractivity contribution in [1.29, 1.82) is 0 Å². The summed E-state index contributed by atoms with van der Waals surface area (Å²) in [6.07, 6.45) is 0.569. The number of nitrogens with zero attached hydrogens (tertiary/aromatic N) is 4. The molecular weight excluding hydrogens is 384 g/mol. The lowest BCUT2D eigenvalue weighted by Crippen LogP contribution is -2.30. The van der Waals surface area contributed by atoms with Gasteiger partial charge in [0.25, 0.3) is 11.7 Å². The summed E-state index contributed by atoms with van der Waals surface area (Å²) in [5, 5.41) is 6.29. The number of benzene rings is 1. The summed E-state index contributed by atoms with van der Waals surface area (Å²) in [4.78, 5) is 32.6. The molecule has 0 saturated heterocycles.